The first-order valence-corrected chi connectivity index (χ1v) is 8.00. The number of piperazine rings is 1. The van der Waals surface area contributed by atoms with E-state index < -0.39 is 12.6 Å². The van der Waals surface area contributed by atoms with E-state index in [2.05, 4.69) is 26.1 Å². The SMILES string of the molecule is Cl.FC(F)(F)CC[C@@H](c1cc(Cl)ccc1Br)N1CCNCC1. The lowest BCUT2D eigenvalue weighted by Crippen LogP contribution is -2.45. The summed E-state index contributed by atoms with van der Waals surface area (Å²) < 4.78 is 38.6. The molecule has 0 aromatic heterocycles. The molecule has 8 heteroatoms. The largest absolute Gasteiger partial charge is 0.389 e. The maximum Gasteiger partial charge on any atom is 0.389 e. The maximum atomic E-state index is 12.6. The number of hydrogen-bond acceptors (Lipinski definition) is 2. The first-order valence-electron chi connectivity index (χ1n) is 6.83. The lowest BCUT2D eigenvalue weighted by molar-refractivity contribution is -0.138. The highest BCUT2D eigenvalue weighted by Crippen LogP contribution is 2.36. The molecule has 0 radical (unpaired) electrons. The maximum absolute atomic E-state index is 12.6. The molecule has 22 heavy (non-hydrogen) atoms. The van der Waals surface area contributed by atoms with Gasteiger partial charge in [0.15, 0.2) is 0 Å². The van der Waals surface area contributed by atoms with Crippen molar-refractivity contribution in [3.63, 3.8) is 0 Å². The van der Waals surface area contributed by atoms with Crippen molar-refractivity contribution in [1.82, 2.24) is 10.2 Å². The van der Waals surface area contributed by atoms with E-state index in [1.807, 2.05) is 0 Å². The van der Waals surface area contributed by atoms with Gasteiger partial charge in [-0.05, 0) is 30.2 Å². The van der Waals surface area contributed by atoms with Gasteiger partial charge in [0.25, 0.3) is 0 Å². The smallest absolute Gasteiger partial charge is 0.314 e. The Balaban J connectivity index is 0.00000242. The summed E-state index contributed by atoms with van der Waals surface area (Å²) in [4.78, 5) is 2.10. The van der Waals surface area contributed by atoms with Crippen molar-refractivity contribution in [2.24, 2.45) is 0 Å². The van der Waals surface area contributed by atoms with Crippen molar-refractivity contribution in [2.45, 2.75) is 25.1 Å². The molecule has 0 bridgehead atoms. The fourth-order valence-electron chi connectivity index (χ4n) is 2.60. The van der Waals surface area contributed by atoms with Gasteiger partial charge in [-0.25, -0.2) is 0 Å². The molecule has 2 rings (SSSR count). The number of hydrogen-bond donors (Lipinski definition) is 1. The van der Waals surface area contributed by atoms with Gasteiger partial charge in [0.2, 0.25) is 0 Å². The van der Waals surface area contributed by atoms with E-state index >= 15 is 0 Å². The van der Waals surface area contributed by atoms with Crippen LogP contribution >= 0.6 is 39.9 Å². The Hall–Kier alpha value is -0.0100. The molecular formula is C14H18BrCl2F3N2. The predicted molar refractivity (Wildman–Crippen MR) is 88.9 cm³/mol. The lowest BCUT2D eigenvalue weighted by atomic mass is 9.99. The minimum atomic E-state index is -4.14. The molecule has 1 aromatic carbocycles. The van der Waals surface area contributed by atoms with Gasteiger partial charge in [-0.2, -0.15) is 13.2 Å². The van der Waals surface area contributed by atoms with E-state index in [0.29, 0.717) is 5.02 Å². The molecule has 1 N–H and O–H groups in total. The first-order chi connectivity index (χ1) is 9.87. The van der Waals surface area contributed by atoms with Gasteiger partial charge in [-0.1, -0.05) is 27.5 Å². The summed E-state index contributed by atoms with van der Waals surface area (Å²) in [6, 6.07) is 5.00. The third-order valence-corrected chi connectivity index (χ3v) is 4.57. The van der Waals surface area contributed by atoms with Gasteiger partial charge >= 0.3 is 6.18 Å². The number of halogens is 6. The van der Waals surface area contributed by atoms with Crippen LogP contribution in [-0.4, -0.2) is 37.3 Å². The second kappa shape index (κ2) is 8.73. The minimum Gasteiger partial charge on any atom is -0.314 e. The Labute approximate surface area is 147 Å². The van der Waals surface area contributed by atoms with Crippen molar-refractivity contribution in [1.29, 1.82) is 0 Å². The summed E-state index contributed by atoms with van der Waals surface area (Å²) in [6.07, 6.45) is -4.89. The fourth-order valence-corrected chi connectivity index (χ4v) is 3.29. The Morgan fingerprint density at radius 2 is 1.91 bits per heavy atom. The van der Waals surface area contributed by atoms with Gasteiger partial charge in [-0.3, -0.25) is 4.90 Å². The Morgan fingerprint density at radius 3 is 2.50 bits per heavy atom. The third-order valence-electron chi connectivity index (χ3n) is 3.61. The van der Waals surface area contributed by atoms with Crippen LogP contribution in [0.1, 0.15) is 24.4 Å². The average Bonchev–Trinajstić information content (AvgIpc) is 2.43. The average molecular weight is 422 g/mol. The number of nitrogens with one attached hydrogen (secondary N) is 1. The molecule has 0 unspecified atom stereocenters. The van der Waals surface area contributed by atoms with E-state index in [1.54, 1.807) is 18.2 Å². The Morgan fingerprint density at radius 1 is 1.27 bits per heavy atom. The number of nitrogens with zero attached hydrogens (tertiary/aromatic N) is 1. The van der Waals surface area contributed by atoms with Crippen LogP contribution in [0, 0.1) is 0 Å². The standard InChI is InChI=1S/C14H17BrClF3N2.ClH/c15-12-2-1-10(16)9-11(12)13(3-4-14(17,18)19)21-7-5-20-6-8-21;/h1-2,9,13,20H,3-8H2;1H/t13-;/m0./s1. The van der Waals surface area contributed by atoms with Crippen molar-refractivity contribution < 1.29 is 13.2 Å². The zero-order valence-electron chi connectivity index (χ0n) is 11.8. The molecule has 1 aromatic rings. The molecule has 1 atom stereocenters. The van der Waals surface area contributed by atoms with Crippen molar-refractivity contribution in [2.75, 3.05) is 26.2 Å². The molecular weight excluding hydrogens is 404 g/mol. The summed E-state index contributed by atoms with van der Waals surface area (Å²) in [5.41, 5.74) is 0.827. The summed E-state index contributed by atoms with van der Waals surface area (Å²) in [6.45, 7) is 3.06. The van der Waals surface area contributed by atoms with Crippen LogP contribution in [0.15, 0.2) is 22.7 Å². The van der Waals surface area contributed by atoms with Crippen LogP contribution in [0.25, 0.3) is 0 Å². The van der Waals surface area contributed by atoms with E-state index in [-0.39, 0.29) is 24.9 Å². The van der Waals surface area contributed by atoms with E-state index in [1.165, 1.54) is 0 Å². The van der Waals surface area contributed by atoms with Crippen LogP contribution in [0.5, 0.6) is 0 Å². The third kappa shape index (κ3) is 5.89. The highest BCUT2D eigenvalue weighted by molar-refractivity contribution is 9.10. The zero-order valence-corrected chi connectivity index (χ0v) is 15.0. The second-order valence-electron chi connectivity index (χ2n) is 5.12. The minimum absolute atomic E-state index is 0. The lowest BCUT2D eigenvalue weighted by Gasteiger charge is -2.36. The van der Waals surface area contributed by atoms with E-state index in [4.69, 9.17) is 11.6 Å². The Kier molecular flexibility index (Phi) is 7.95. The summed E-state index contributed by atoms with van der Waals surface area (Å²) >= 11 is 9.45. The van der Waals surface area contributed by atoms with Crippen LogP contribution in [0.2, 0.25) is 5.02 Å². The predicted octanol–water partition coefficient (Wildman–Crippen LogP) is 4.81. The molecule has 1 heterocycles. The van der Waals surface area contributed by atoms with Gasteiger partial charge in [0.05, 0.1) is 0 Å². The molecule has 0 saturated carbocycles. The van der Waals surface area contributed by atoms with E-state index in [0.717, 1.165) is 36.2 Å². The number of benzene rings is 1. The molecule has 2 nitrogen and oxygen atoms in total. The summed E-state index contributed by atoms with van der Waals surface area (Å²) in [5, 5.41) is 3.76. The topological polar surface area (TPSA) is 15.3 Å². The molecule has 1 aliphatic rings. The van der Waals surface area contributed by atoms with Crippen molar-refractivity contribution >= 4 is 39.9 Å². The quantitative estimate of drug-likeness (QED) is 0.750. The highest BCUT2D eigenvalue weighted by Gasteiger charge is 2.32. The van der Waals surface area contributed by atoms with Gasteiger partial charge in [0, 0.05) is 48.1 Å². The fraction of sp³-hybridized carbons (Fsp3) is 0.571. The molecule has 0 amide bonds. The highest BCUT2D eigenvalue weighted by atomic mass is 79.9. The van der Waals surface area contributed by atoms with Crippen molar-refractivity contribution in [3.8, 4) is 0 Å². The molecule has 126 valence electrons. The molecule has 1 aliphatic heterocycles. The number of rotatable bonds is 4. The van der Waals surface area contributed by atoms with Crippen LogP contribution < -0.4 is 5.32 Å². The van der Waals surface area contributed by atoms with Gasteiger partial charge in [-0.15, -0.1) is 12.4 Å². The van der Waals surface area contributed by atoms with E-state index in [9.17, 15) is 13.2 Å². The summed E-state index contributed by atoms with van der Waals surface area (Å²) in [5.74, 6) is 0. The first kappa shape index (κ1) is 20.0. The Bertz CT molecular complexity index is 480. The van der Waals surface area contributed by atoms with Gasteiger partial charge < -0.3 is 5.32 Å². The van der Waals surface area contributed by atoms with Crippen molar-refractivity contribution in [3.05, 3.63) is 33.3 Å². The zero-order chi connectivity index (χ0) is 15.5. The normalized spacial score (nSPS) is 17.9. The second-order valence-corrected chi connectivity index (χ2v) is 6.41. The van der Waals surface area contributed by atoms with Crippen LogP contribution in [-0.2, 0) is 0 Å². The molecule has 0 spiro atoms. The molecule has 0 aliphatic carbocycles. The van der Waals surface area contributed by atoms with Gasteiger partial charge in [0.1, 0.15) is 0 Å². The number of alkyl halides is 3. The molecule has 1 saturated heterocycles. The van der Waals surface area contributed by atoms with Crippen LogP contribution in [0.4, 0.5) is 13.2 Å². The monoisotopic (exact) mass is 420 g/mol. The summed E-state index contributed by atoms with van der Waals surface area (Å²) in [7, 11) is 0. The molecule has 1 fully saturated rings. The van der Waals surface area contributed by atoms with Crippen LogP contribution in [0.3, 0.4) is 0 Å².